The van der Waals surface area contributed by atoms with E-state index in [1.165, 1.54) is 31.7 Å². The van der Waals surface area contributed by atoms with Crippen LogP contribution in [0.1, 0.15) is 12.8 Å². The summed E-state index contributed by atoms with van der Waals surface area (Å²) in [7, 11) is 2.02. The van der Waals surface area contributed by atoms with Gasteiger partial charge in [0.15, 0.2) is 0 Å². The quantitative estimate of drug-likeness (QED) is 0.678. The molecule has 0 saturated carbocycles. The Morgan fingerprint density at radius 1 is 1.25 bits per heavy atom. The van der Waals surface area contributed by atoms with E-state index in [0.29, 0.717) is 0 Å². The Bertz CT molecular complexity index is 271. The minimum Gasteiger partial charge on any atom is -0.385 e. The van der Waals surface area contributed by atoms with Gasteiger partial charge in [-0.25, -0.2) is 0 Å². The minimum atomic E-state index is 0.844. The summed E-state index contributed by atoms with van der Waals surface area (Å²) >= 11 is 0. The maximum absolute atomic E-state index is 5.74. The van der Waals surface area contributed by atoms with E-state index in [1.54, 1.807) is 0 Å². The first-order valence-electron chi connectivity index (χ1n) is 4.45. The molecule has 1 aromatic rings. The van der Waals surface area contributed by atoms with Gasteiger partial charge in [0.25, 0.3) is 0 Å². The standard InChI is InChI=1S/C9H15N3/c1-11-8(10)4-5-9(11)12-6-2-3-7-12/h4-5H,2-3,6-7,10H2,1H3. The third-order valence-corrected chi connectivity index (χ3v) is 2.56. The Morgan fingerprint density at radius 3 is 2.42 bits per heavy atom. The van der Waals surface area contributed by atoms with Crippen molar-refractivity contribution in [3.63, 3.8) is 0 Å². The molecular weight excluding hydrogens is 150 g/mol. The molecule has 2 rings (SSSR count). The fraction of sp³-hybridized carbons (Fsp3) is 0.556. The second-order valence-corrected chi connectivity index (χ2v) is 3.37. The van der Waals surface area contributed by atoms with Gasteiger partial charge < -0.3 is 15.2 Å². The van der Waals surface area contributed by atoms with Crippen LogP contribution in [-0.2, 0) is 7.05 Å². The SMILES string of the molecule is Cn1c(N)ccc1N1CCCC1. The van der Waals surface area contributed by atoms with Crippen LogP contribution in [-0.4, -0.2) is 17.7 Å². The van der Waals surface area contributed by atoms with Gasteiger partial charge in [0.1, 0.15) is 11.6 Å². The molecule has 0 spiro atoms. The first-order chi connectivity index (χ1) is 5.79. The first-order valence-corrected chi connectivity index (χ1v) is 4.45. The van der Waals surface area contributed by atoms with E-state index < -0.39 is 0 Å². The Kier molecular flexibility index (Phi) is 1.71. The predicted octanol–water partition coefficient (Wildman–Crippen LogP) is 1.21. The summed E-state index contributed by atoms with van der Waals surface area (Å²) in [5, 5.41) is 0. The van der Waals surface area contributed by atoms with Crippen LogP contribution in [0.5, 0.6) is 0 Å². The largest absolute Gasteiger partial charge is 0.385 e. The average Bonchev–Trinajstić information content (AvgIpc) is 2.64. The number of nitrogen functional groups attached to an aromatic ring is 1. The lowest BCUT2D eigenvalue weighted by Crippen LogP contribution is -2.20. The third-order valence-electron chi connectivity index (χ3n) is 2.56. The monoisotopic (exact) mass is 165 g/mol. The molecule has 0 aromatic carbocycles. The molecule has 66 valence electrons. The van der Waals surface area contributed by atoms with E-state index in [2.05, 4.69) is 11.0 Å². The van der Waals surface area contributed by atoms with Crippen molar-refractivity contribution in [3.05, 3.63) is 12.1 Å². The van der Waals surface area contributed by atoms with Crippen LogP contribution < -0.4 is 10.6 Å². The van der Waals surface area contributed by atoms with Crippen molar-refractivity contribution in [1.29, 1.82) is 0 Å². The molecule has 2 heterocycles. The van der Waals surface area contributed by atoms with Gasteiger partial charge in [-0.2, -0.15) is 0 Å². The molecule has 1 fully saturated rings. The van der Waals surface area contributed by atoms with Crippen LogP contribution in [0.2, 0.25) is 0 Å². The van der Waals surface area contributed by atoms with Crippen LogP contribution in [0, 0.1) is 0 Å². The number of hydrogen-bond acceptors (Lipinski definition) is 2. The maximum Gasteiger partial charge on any atom is 0.109 e. The highest BCUT2D eigenvalue weighted by atomic mass is 15.3. The van der Waals surface area contributed by atoms with Crippen molar-refractivity contribution in [1.82, 2.24) is 4.57 Å². The molecule has 1 aromatic heterocycles. The Labute approximate surface area is 72.8 Å². The molecule has 3 heteroatoms. The van der Waals surface area contributed by atoms with Gasteiger partial charge in [0, 0.05) is 20.1 Å². The van der Waals surface area contributed by atoms with Crippen molar-refractivity contribution in [2.24, 2.45) is 7.05 Å². The highest BCUT2D eigenvalue weighted by Crippen LogP contribution is 2.22. The molecule has 0 atom stereocenters. The van der Waals surface area contributed by atoms with E-state index in [1.807, 2.05) is 17.7 Å². The summed E-state index contributed by atoms with van der Waals surface area (Å²) in [6, 6.07) is 4.06. The zero-order valence-corrected chi connectivity index (χ0v) is 7.45. The van der Waals surface area contributed by atoms with Gasteiger partial charge >= 0.3 is 0 Å². The summed E-state index contributed by atoms with van der Waals surface area (Å²) in [4.78, 5) is 2.39. The number of rotatable bonds is 1. The van der Waals surface area contributed by atoms with Gasteiger partial charge in [0.05, 0.1) is 0 Å². The second kappa shape index (κ2) is 2.73. The van der Waals surface area contributed by atoms with Crippen LogP contribution in [0.25, 0.3) is 0 Å². The van der Waals surface area contributed by atoms with Crippen molar-refractivity contribution < 1.29 is 0 Å². The Balaban J connectivity index is 2.26. The minimum absolute atomic E-state index is 0.844. The van der Waals surface area contributed by atoms with Gasteiger partial charge in [0.2, 0.25) is 0 Å². The molecule has 1 aliphatic heterocycles. The summed E-state index contributed by atoms with van der Waals surface area (Å²) in [5.74, 6) is 2.10. The molecule has 0 radical (unpaired) electrons. The van der Waals surface area contributed by atoms with Gasteiger partial charge in [-0.05, 0) is 25.0 Å². The summed E-state index contributed by atoms with van der Waals surface area (Å²) in [5.41, 5.74) is 5.74. The molecule has 0 bridgehead atoms. The molecular formula is C9H15N3. The van der Waals surface area contributed by atoms with Crippen LogP contribution >= 0.6 is 0 Å². The zero-order valence-electron chi connectivity index (χ0n) is 7.45. The van der Waals surface area contributed by atoms with E-state index in [4.69, 9.17) is 5.73 Å². The molecule has 0 unspecified atom stereocenters. The summed E-state index contributed by atoms with van der Waals surface area (Å²) < 4.78 is 2.05. The molecule has 2 N–H and O–H groups in total. The molecule has 3 nitrogen and oxygen atoms in total. The lowest BCUT2D eigenvalue weighted by atomic mass is 10.4. The normalized spacial score (nSPS) is 17.2. The van der Waals surface area contributed by atoms with Crippen molar-refractivity contribution >= 4 is 11.6 Å². The number of aromatic nitrogens is 1. The smallest absolute Gasteiger partial charge is 0.109 e. The Hall–Kier alpha value is -1.12. The maximum atomic E-state index is 5.74. The lowest BCUT2D eigenvalue weighted by Gasteiger charge is -2.18. The van der Waals surface area contributed by atoms with Crippen molar-refractivity contribution in [2.75, 3.05) is 23.7 Å². The highest BCUT2D eigenvalue weighted by Gasteiger charge is 2.14. The van der Waals surface area contributed by atoms with Gasteiger partial charge in [-0.15, -0.1) is 0 Å². The number of hydrogen-bond donors (Lipinski definition) is 1. The van der Waals surface area contributed by atoms with Gasteiger partial charge in [-0.1, -0.05) is 0 Å². The molecule has 1 aliphatic rings. The lowest BCUT2D eigenvalue weighted by molar-refractivity contribution is 0.850. The number of nitrogens with zero attached hydrogens (tertiary/aromatic N) is 2. The Morgan fingerprint density at radius 2 is 1.92 bits per heavy atom. The van der Waals surface area contributed by atoms with E-state index >= 15 is 0 Å². The third kappa shape index (κ3) is 1.05. The van der Waals surface area contributed by atoms with Gasteiger partial charge in [-0.3, -0.25) is 0 Å². The van der Waals surface area contributed by atoms with E-state index in [9.17, 15) is 0 Å². The summed E-state index contributed by atoms with van der Waals surface area (Å²) in [6.45, 7) is 2.36. The fourth-order valence-corrected chi connectivity index (χ4v) is 1.78. The van der Waals surface area contributed by atoms with Crippen LogP contribution in [0.3, 0.4) is 0 Å². The molecule has 12 heavy (non-hydrogen) atoms. The predicted molar refractivity (Wildman–Crippen MR) is 51.3 cm³/mol. The summed E-state index contributed by atoms with van der Waals surface area (Å²) in [6.07, 6.45) is 2.62. The van der Waals surface area contributed by atoms with E-state index in [-0.39, 0.29) is 0 Å². The topological polar surface area (TPSA) is 34.2 Å². The molecule has 1 saturated heterocycles. The van der Waals surface area contributed by atoms with Crippen molar-refractivity contribution in [2.45, 2.75) is 12.8 Å². The van der Waals surface area contributed by atoms with Crippen LogP contribution in [0.15, 0.2) is 12.1 Å². The highest BCUT2D eigenvalue weighted by molar-refractivity contribution is 5.50. The van der Waals surface area contributed by atoms with Crippen LogP contribution in [0.4, 0.5) is 11.6 Å². The first kappa shape index (κ1) is 7.53. The molecule has 0 aliphatic carbocycles. The zero-order chi connectivity index (χ0) is 8.55. The molecule has 0 amide bonds. The second-order valence-electron chi connectivity index (χ2n) is 3.37. The van der Waals surface area contributed by atoms with E-state index in [0.717, 1.165) is 5.82 Å². The van der Waals surface area contributed by atoms with Crippen molar-refractivity contribution in [3.8, 4) is 0 Å². The average molecular weight is 165 g/mol. The fourth-order valence-electron chi connectivity index (χ4n) is 1.78. The number of anilines is 2. The number of nitrogens with two attached hydrogens (primary N) is 1.